The molecule has 1 aromatic rings. The van der Waals surface area contributed by atoms with Crippen molar-refractivity contribution in [2.45, 2.75) is 5.51 Å². The van der Waals surface area contributed by atoms with Crippen LogP contribution in [-0.2, 0) is 10.1 Å². The Morgan fingerprint density at radius 1 is 1.32 bits per heavy atom. The molecule has 0 saturated heterocycles. The van der Waals surface area contributed by atoms with Crippen LogP contribution in [0.25, 0.3) is 0 Å². The summed E-state index contributed by atoms with van der Waals surface area (Å²) in [5.41, 5.74) is -6.32. The quantitative estimate of drug-likeness (QED) is 0.628. The lowest BCUT2D eigenvalue weighted by Crippen LogP contribution is -2.28. The number of phenolic OH excluding ortho intramolecular Hbond substituents is 1. The molecule has 19 heavy (non-hydrogen) atoms. The minimum Gasteiger partial charge on any atom is -0.507 e. The number of aromatic carboxylic acids is 1. The van der Waals surface area contributed by atoms with Crippen LogP contribution in [0.3, 0.4) is 0 Å². The second-order valence-corrected chi connectivity index (χ2v) is 5.43. The van der Waals surface area contributed by atoms with E-state index in [1.54, 1.807) is 0 Å². The highest BCUT2D eigenvalue weighted by molar-refractivity contribution is 9.10. The molecule has 11 heteroatoms. The van der Waals surface area contributed by atoms with E-state index in [0.29, 0.717) is 12.1 Å². The topological polar surface area (TPSA) is 101 Å². The van der Waals surface area contributed by atoms with E-state index in [2.05, 4.69) is 20.1 Å². The van der Waals surface area contributed by atoms with Crippen LogP contribution in [0.1, 0.15) is 10.4 Å². The molecule has 0 atom stereocenters. The number of carbonyl (C=O) groups is 1. The van der Waals surface area contributed by atoms with E-state index < -0.39 is 43.1 Å². The predicted molar refractivity (Wildman–Crippen MR) is 58.4 cm³/mol. The van der Waals surface area contributed by atoms with Gasteiger partial charge in [-0.2, -0.15) is 21.6 Å². The Morgan fingerprint density at radius 3 is 2.26 bits per heavy atom. The van der Waals surface area contributed by atoms with E-state index in [1.165, 1.54) is 0 Å². The van der Waals surface area contributed by atoms with Gasteiger partial charge in [0.1, 0.15) is 10.2 Å². The Balaban J connectivity index is 3.33. The molecule has 0 aromatic heterocycles. The molecule has 1 aromatic carbocycles. The van der Waals surface area contributed by atoms with Gasteiger partial charge >= 0.3 is 21.6 Å². The van der Waals surface area contributed by atoms with E-state index in [1.807, 2.05) is 0 Å². The van der Waals surface area contributed by atoms with E-state index in [-0.39, 0.29) is 0 Å². The Hall–Kier alpha value is -1.49. The molecule has 0 spiro atoms. The van der Waals surface area contributed by atoms with Crippen LogP contribution in [-0.4, -0.2) is 30.1 Å². The van der Waals surface area contributed by atoms with Crippen LogP contribution < -0.4 is 4.18 Å². The van der Waals surface area contributed by atoms with Crippen LogP contribution >= 0.6 is 15.9 Å². The van der Waals surface area contributed by atoms with Gasteiger partial charge in [-0.1, -0.05) is 0 Å². The molecule has 2 N–H and O–H groups in total. The average molecular weight is 365 g/mol. The summed E-state index contributed by atoms with van der Waals surface area (Å²) in [6.07, 6.45) is 0. The summed E-state index contributed by atoms with van der Waals surface area (Å²) in [5, 5.41) is 17.9. The number of rotatable bonds is 3. The van der Waals surface area contributed by atoms with Gasteiger partial charge in [0.2, 0.25) is 0 Å². The second kappa shape index (κ2) is 4.89. The monoisotopic (exact) mass is 364 g/mol. The third kappa shape index (κ3) is 3.29. The van der Waals surface area contributed by atoms with Crippen molar-refractivity contribution < 1.29 is 40.8 Å². The molecule has 6 nitrogen and oxygen atoms in total. The molecule has 0 amide bonds. The van der Waals surface area contributed by atoms with Crippen molar-refractivity contribution in [3.05, 3.63) is 22.2 Å². The van der Waals surface area contributed by atoms with Gasteiger partial charge < -0.3 is 14.4 Å². The highest BCUT2D eigenvalue weighted by Gasteiger charge is 2.49. The summed E-state index contributed by atoms with van der Waals surface area (Å²) < 4.78 is 61.1. The number of halogens is 4. The number of phenols is 1. The average Bonchev–Trinajstić information content (AvgIpc) is 2.22. The standard InChI is InChI=1S/C8H4BrF3O6S/c9-6-4(13)1-3(7(14)15)2-5(6)18-19(16,17)8(10,11)12/h1-2,13H,(H,14,15). The summed E-state index contributed by atoms with van der Waals surface area (Å²) in [4.78, 5) is 10.6. The van der Waals surface area contributed by atoms with Crippen LogP contribution in [0, 0.1) is 0 Å². The molecule has 0 fully saturated rings. The molecular formula is C8H4BrF3O6S. The first-order chi connectivity index (χ1) is 8.45. The number of carboxylic acid groups (broad SMARTS) is 1. The SMILES string of the molecule is O=C(O)c1cc(O)c(Br)c(OS(=O)(=O)C(F)(F)F)c1. The van der Waals surface area contributed by atoms with E-state index in [4.69, 9.17) is 5.11 Å². The van der Waals surface area contributed by atoms with E-state index >= 15 is 0 Å². The minimum absolute atomic E-state index is 0.523. The van der Waals surface area contributed by atoms with Crippen molar-refractivity contribution in [1.29, 1.82) is 0 Å². The van der Waals surface area contributed by atoms with Gasteiger partial charge in [0, 0.05) is 0 Å². The first kappa shape index (κ1) is 15.6. The van der Waals surface area contributed by atoms with Crippen molar-refractivity contribution in [3.63, 3.8) is 0 Å². The van der Waals surface area contributed by atoms with Gasteiger partial charge in [-0.05, 0) is 28.1 Å². The van der Waals surface area contributed by atoms with Crippen LogP contribution in [0.15, 0.2) is 16.6 Å². The fourth-order valence-corrected chi connectivity index (χ4v) is 1.81. The zero-order valence-electron chi connectivity index (χ0n) is 8.60. The molecule has 1 rings (SSSR count). The Morgan fingerprint density at radius 2 is 1.84 bits per heavy atom. The van der Waals surface area contributed by atoms with Crippen molar-refractivity contribution >= 4 is 32.0 Å². The minimum atomic E-state index is -5.97. The van der Waals surface area contributed by atoms with E-state index in [9.17, 15) is 31.5 Å². The Kier molecular flexibility index (Phi) is 4.00. The number of hydrogen-bond donors (Lipinski definition) is 2. The third-order valence-corrected chi connectivity index (χ3v) is 3.51. The van der Waals surface area contributed by atoms with Crippen LogP contribution in [0.5, 0.6) is 11.5 Å². The van der Waals surface area contributed by atoms with Crippen molar-refractivity contribution in [2.24, 2.45) is 0 Å². The smallest absolute Gasteiger partial charge is 0.507 e. The third-order valence-electron chi connectivity index (χ3n) is 1.75. The largest absolute Gasteiger partial charge is 0.534 e. The van der Waals surface area contributed by atoms with Gasteiger partial charge in [-0.25, -0.2) is 4.79 Å². The maximum absolute atomic E-state index is 12.1. The lowest BCUT2D eigenvalue weighted by atomic mass is 10.2. The highest BCUT2D eigenvalue weighted by Crippen LogP contribution is 2.37. The first-order valence-corrected chi connectivity index (χ1v) is 6.42. The second-order valence-electron chi connectivity index (χ2n) is 3.10. The normalized spacial score (nSPS) is 12.2. The number of alkyl halides is 3. The maximum Gasteiger partial charge on any atom is 0.534 e. The Labute approximate surface area is 112 Å². The molecule has 0 saturated carbocycles. The highest BCUT2D eigenvalue weighted by atomic mass is 79.9. The Bertz CT molecular complexity index is 624. The fourth-order valence-electron chi connectivity index (χ4n) is 0.933. The lowest BCUT2D eigenvalue weighted by Gasteiger charge is -2.12. The molecule has 0 aliphatic heterocycles. The number of benzene rings is 1. The zero-order valence-corrected chi connectivity index (χ0v) is 11.0. The summed E-state index contributed by atoms with van der Waals surface area (Å²) >= 11 is 2.58. The molecule has 0 heterocycles. The van der Waals surface area contributed by atoms with Gasteiger partial charge in [-0.15, -0.1) is 0 Å². The van der Waals surface area contributed by atoms with Gasteiger partial charge in [0.15, 0.2) is 5.75 Å². The molecule has 0 aliphatic rings. The zero-order chi connectivity index (χ0) is 15.0. The summed E-state index contributed by atoms with van der Waals surface area (Å²) in [6.45, 7) is 0. The summed E-state index contributed by atoms with van der Waals surface area (Å²) in [7, 11) is -5.97. The molecule has 0 unspecified atom stereocenters. The molecule has 0 aliphatic carbocycles. The van der Waals surface area contributed by atoms with E-state index in [0.717, 1.165) is 0 Å². The van der Waals surface area contributed by atoms with Crippen molar-refractivity contribution in [1.82, 2.24) is 0 Å². The predicted octanol–water partition coefficient (Wildman–Crippen LogP) is 2.08. The molecular weight excluding hydrogens is 361 g/mol. The first-order valence-electron chi connectivity index (χ1n) is 4.22. The molecule has 106 valence electrons. The van der Waals surface area contributed by atoms with Gasteiger partial charge in [0.25, 0.3) is 0 Å². The van der Waals surface area contributed by atoms with Gasteiger partial charge in [0.05, 0.1) is 5.56 Å². The lowest BCUT2D eigenvalue weighted by molar-refractivity contribution is -0.0500. The fraction of sp³-hybridized carbons (Fsp3) is 0.125. The number of hydrogen-bond acceptors (Lipinski definition) is 5. The summed E-state index contributed by atoms with van der Waals surface area (Å²) in [6, 6.07) is 1.23. The number of aromatic hydroxyl groups is 1. The van der Waals surface area contributed by atoms with Crippen LogP contribution in [0.4, 0.5) is 13.2 Å². The van der Waals surface area contributed by atoms with Crippen LogP contribution in [0.2, 0.25) is 0 Å². The maximum atomic E-state index is 12.1. The van der Waals surface area contributed by atoms with Crippen molar-refractivity contribution in [2.75, 3.05) is 0 Å². The molecule has 0 bridgehead atoms. The van der Waals surface area contributed by atoms with Gasteiger partial charge in [-0.3, -0.25) is 0 Å². The summed E-state index contributed by atoms with van der Waals surface area (Å²) in [5.74, 6) is -3.36. The van der Waals surface area contributed by atoms with Crippen molar-refractivity contribution in [3.8, 4) is 11.5 Å². The molecule has 0 radical (unpaired) electrons. The number of carboxylic acids is 1.